The number of carbonyl (C=O) groups excluding carboxylic acids is 2. The Labute approximate surface area is 178 Å². The molecule has 0 bridgehead atoms. The highest BCUT2D eigenvalue weighted by atomic mass is 19.1. The number of likely N-dealkylation sites (tertiary alicyclic amines) is 2. The molecule has 0 spiro atoms. The van der Waals surface area contributed by atoms with Crippen LogP contribution in [0.15, 0.2) is 36.7 Å². The first kappa shape index (κ1) is 19.5. The van der Waals surface area contributed by atoms with Gasteiger partial charge < -0.3 is 15.1 Å². The van der Waals surface area contributed by atoms with Gasteiger partial charge >= 0.3 is 6.03 Å². The Hall–Kier alpha value is -3.49. The van der Waals surface area contributed by atoms with Crippen LogP contribution in [-0.2, 0) is 0 Å². The number of benzene rings is 1. The first-order chi connectivity index (χ1) is 15.1. The van der Waals surface area contributed by atoms with E-state index in [9.17, 15) is 14.0 Å². The van der Waals surface area contributed by atoms with Gasteiger partial charge in [-0.2, -0.15) is 0 Å². The molecular formula is C22H23FN6O2. The van der Waals surface area contributed by atoms with E-state index in [0.717, 1.165) is 38.8 Å². The Morgan fingerprint density at radius 2 is 1.68 bits per heavy atom. The minimum atomic E-state index is -0.484. The molecule has 2 aliphatic heterocycles. The lowest BCUT2D eigenvalue weighted by molar-refractivity contribution is 0.0785. The van der Waals surface area contributed by atoms with Crippen molar-refractivity contribution >= 4 is 23.4 Å². The molecule has 5 rings (SSSR count). The lowest BCUT2D eigenvalue weighted by atomic mass is 10.1. The van der Waals surface area contributed by atoms with Crippen molar-refractivity contribution in [2.45, 2.75) is 25.7 Å². The van der Waals surface area contributed by atoms with E-state index in [1.54, 1.807) is 38.7 Å². The molecule has 4 heterocycles. The number of urea groups is 1. The second kappa shape index (κ2) is 7.98. The minimum Gasteiger partial charge on any atom is -0.337 e. The Morgan fingerprint density at radius 1 is 0.968 bits per heavy atom. The van der Waals surface area contributed by atoms with Crippen molar-refractivity contribution in [1.82, 2.24) is 24.2 Å². The first-order valence-corrected chi connectivity index (χ1v) is 10.6. The second-order valence-corrected chi connectivity index (χ2v) is 7.94. The Kier molecular flexibility index (Phi) is 5.01. The van der Waals surface area contributed by atoms with Crippen molar-refractivity contribution in [3.8, 4) is 11.3 Å². The molecule has 0 atom stereocenters. The lowest BCUT2D eigenvalue weighted by Gasteiger charge is -2.18. The molecule has 0 unspecified atom stereocenters. The summed E-state index contributed by atoms with van der Waals surface area (Å²) in [6.45, 7) is 2.86. The molecule has 3 amide bonds. The predicted octanol–water partition coefficient (Wildman–Crippen LogP) is 3.40. The molecule has 9 heteroatoms. The summed E-state index contributed by atoms with van der Waals surface area (Å²) in [5.74, 6) is -0.281. The van der Waals surface area contributed by atoms with Gasteiger partial charge in [0.15, 0.2) is 0 Å². The van der Waals surface area contributed by atoms with Crippen molar-refractivity contribution in [2.24, 2.45) is 0 Å². The number of amides is 3. The smallest absolute Gasteiger partial charge is 0.321 e. The fourth-order valence-corrected chi connectivity index (χ4v) is 4.21. The zero-order valence-corrected chi connectivity index (χ0v) is 17.1. The van der Waals surface area contributed by atoms with Crippen LogP contribution in [0.1, 0.15) is 36.2 Å². The van der Waals surface area contributed by atoms with Gasteiger partial charge in [-0.3, -0.25) is 9.20 Å². The minimum absolute atomic E-state index is 0.122. The number of nitrogens with one attached hydrogen (secondary N) is 1. The van der Waals surface area contributed by atoms with E-state index in [4.69, 9.17) is 0 Å². The van der Waals surface area contributed by atoms with Crippen molar-refractivity contribution in [3.05, 3.63) is 48.2 Å². The molecule has 1 N–H and O–H groups in total. The molecule has 2 aliphatic rings. The topological polar surface area (TPSA) is 82.8 Å². The number of anilines is 1. The summed E-state index contributed by atoms with van der Waals surface area (Å²) < 4.78 is 16.4. The van der Waals surface area contributed by atoms with Crippen LogP contribution in [0.5, 0.6) is 0 Å². The molecular weight excluding hydrogens is 399 g/mol. The van der Waals surface area contributed by atoms with Gasteiger partial charge in [-0.1, -0.05) is 0 Å². The van der Waals surface area contributed by atoms with E-state index in [0.29, 0.717) is 35.9 Å². The Bertz CT molecular complexity index is 1150. The molecule has 2 saturated heterocycles. The largest absolute Gasteiger partial charge is 0.337 e. The van der Waals surface area contributed by atoms with Crippen LogP contribution < -0.4 is 5.32 Å². The molecule has 0 radical (unpaired) electrons. The van der Waals surface area contributed by atoms with Gasteiger partial charge in [0.25, 0.3) is 5.91 Å². The summed E-state index contributed by atoms with van der Waals surface area (Å²) in [4.78, 5) is 37.7. The Morgan fingerprint density at radius 3 is 2.42 bits per heavy atom. The summed E-state index contributed by atoms with van der Waals surface area (Å²) in [6, 6.07) is 5.78. The van der Waals surface area contributed by atoms with Crippen LogP contribution in [0.2, 0.25) is 0 Å². The van der Waals surface area contributed by atoms with Crippen LogP contribution in [0.25, 0.3) is 17.0 Å². The average Bonchev–Trinajstić information content (AvgIpc) is 3.56. The van der Waals surface area contributed by atoms with Gasteiger partial charge in [0, 0.05) is 49.8 Å². The molecule has 160 valence electrons. The molecule has 2 aromatic heterocycles. The molecule has 0 saturated carbocycles. The molecule has 3 aromatic rings. The van der Waals surface area contributed by atoms with Crippen molar-refractivity contribution in [1.29, 1.82) is 0 Å². The number of fused-ring (bicyclic) bond motifs is 1. The average molecular weight is 422 g/mol. The van der Waals surface area contributed by atoms with Crippen LogP contribution in [0.4, 0.5) is 14.9 Å². The summed E-state index contributed by atoms with van der Waals surface area (Å²) in [6.07, 6.45) is 7.18. The zero-order valence-electron chi connectivity index (χ0n) is 17.1. The number of rotatable bonds is 3. The fourth-order valence-electron chi connectivity index (χ4n) is 4.21. The van der Waals surface area contributed by atoms with Crippen LogP contribution in [-0.4, -0.2) is 62.3 Å². The summed E-state index contributed by atoms with van der Waals surface area (Å²) in [5, 5.41) is 2.83. The maximum atomic E-state index is 14.8. The monoisotopic (exact) mass is 422 g/mol. The van der Waals surface area contributed by atoms with Gasteiger partial charge in [0.2, 0.25) is 5.78 Å². The van der Waals surface area contributed by atoms with E-state index in [-0.39, 0.29) is 17.5 Å². The van der Waals surface area contributed by atoms with Crippen molar-refractivity contribution < 1.29 is 14.0 Å². The van der Waals surface area contributed by atoms with Gasteiger partial charge in [0.05, 0.1) is 5.69 Å². The molecule has 1 aromatic carbocycles. The van der Waals surface area contributed by atoms with E-state index in [1.807, 2.05) is 0 Å². The third-order valence-corrected chi connectivity index (χ3v) is 5.87. The third-order valence-electron chi connectivity index (χ3n) is 5.87. The van der Waals surface area contributed by atoms with Crippen LogP contribution in [0.3, 0.4) is 0 Å². The second-order valence-electron chi connectivity index (χ2n) is 7.94. The van der Waals surface area contributed by atoms with Crippen LogP contribution >= 0.6 is 0 Å². The maximum Gasteiger partial charge on any atom is 0.321 e. The van der Waals surface area contributed by atoms with Gasteiger partial charge in [-0.05, 0) is 49.9 Å². The molecule has 2 fully saturated rings. The number of hydrogen-bond acceptors (Lipinski definition) is 4. The number of nitrogens with zero attached hydrogens (tertiary/aromatic N) is 5. The van der Waals surface area contributed by atoms with Gasteiger partial charge in [-0.25, -0.2) is 19.2 Å². The number of imidazole rings is 1. The highest BCUT2D eigenvalue weighted by Gasteiger charge is 2.24. The number of aromatic nitrogens is 3. The summed E-state index contributed by atoms with van der Waals surface area (Å²) in [7, 11) is 0. The first-order valence-electron chi connectivity index (χ1n) is 10.6. The highest BCUT2D eigenvalue weighted by molar-refractivity contribution is 5.95. The quantitative estimate of drug-likeness (QED) is 0.701. The maximum absolute atomic E-state index is 14.8. The zero-order chi connectivity index (χ0) is 21.4. The molecule has 0 aliphatic carbocycles. The number of carbonyl (C=O) groups is 2. The van der Waals surface area contributed by atoms with E-state index >= 15 is 0 Å². The van der Waals surface area contributed by atoms with E-state index < -0.39 is 5.82 Å². The SMILES string of the molecule is O=C(Nc1ccc(F)c(-c2cc(C(=O)N3CCCC3)n3ccnc3n2)c1)N1CCCC1. The highest BCUT2D eigenvalue weighted by Crippen LogP contribution is 2.27. The van der Waals surface area contributed by atoms with E-state index in [2.05, 4.69) is 15.3 Å². The van der Waals surface area contributed by atoms with Gasteiger partial charge in [-0.15, -0.1) is 0 Å². The number of halogens is 1. The summed E-state index contributed by atoms with van der Waals surface area (Å²) in [5.41, 5.74) is 1.38. The normalized spacial score (nSPS) is 16.3. The molecule has 31 heavy (non-hydrogen) atoms. The van der Waals surface area contributed by atoms with Crippen molar-refractivity contribution in [3.63, 3.8) is 0 Å². The standard InChI is InChI=1S/C22H23FN6O2/c23-17-6-5-15(25-22(31)28-10-3-4-11-28)13-16(17)18-14-19(20(30)27-8-1-2-9-27)29-12-7-24-21(29)26-18/h5-7,12-14H,1-4,8-11H2,(H,25,31). The number of hydrogen-bond donors (Lipinski definition) is 1. The van der Waals surface area contributed by atoms with Crippen molar-refractivity contribution in [2.75, 3.05) is 31.5 Å². The van der Waals surface area contributed by atoms with Gasteiger partial charge in [0.1, 0.15) is 11.5 Å². The van der Waals surface area contributed by atoms with E-state index in [1.165, 1.54) is 12.1 Å². The Balaban J connectivity index is 1.51. The fraction of sp³-hybridized carbons (Fsp3) is 0.364. The molecule has 8 nitrogen and oxygen atoms in total. The predicted molar refractivity (Wildman–Crippen MR) is 113 cm³/mol. The third kappa shape index (κ3) is 3.71. The summed E-state index contributed by atoms with van der Waals surface area (Å²) >= 11 is 0. The van der Waals surface area contributed by atoms with Crippen LogP contribution in [0, 0.1) is 5.82 Å². The lowest BCUT2D eigenvalue weighted by Crippen LogP contribution is -2.32.